The van der Waals surface area contributed by atoms with Crippen molar-refractivity contribution < 1.29 is 9.47 Å². The molecule has 1 aliphatic rings. The molecule has 0 saturated heterocycles. The van der Waals surface area contributed by atoms with Crippen molar-refractivity contribution in [1.82, 2.24) is 10.4 Å². The van der Waals surface area contributed by atoms with Crippen molar-refractivity contribution in [3.05, 3.63) is 53.9 Å². The van der Waals surface area contributed by atoms with Crippen LogP contribution in [0.4, 0.5) is 0 Å². The maximum atomic E-state index is 5.72. The summed E-state index contributed by atoms with van der Waals surface area (Å²) in [4.78, 5) is 4.34. The molecule has 1 atom stereocenters. The summed E-state index contributed by atoms with van der Waals surface area (Å²) in [6.07, 6.45) is 3.41. The van der Waals surface area contributed by atoms with Gasteiger partial charge >= 0.3 is 0 Å². The molecular weight excluding hydrogens is 266 g/mol. The number of ether oxygens (including phenoxy) is 2. The summed E-state index contributed by atoms with van der Waals surface area (Å²) in [5.74, 6) is 7.29. The first-order chi connectivity index (χ1) is 10.4. The lowest BCUT2D eigenvalue weighted by Crippen LogP contribution is -2.29. The van der Waals surface area contributed by atoms with Crippen LogP contribution in [0.5, 0.6) is 11.5 Å². The summed E-state index contributed by atoms with van der Waals surface area (Å²) >= 11 is 0. The van der Waals surface area contributed by atoms with E-state index in [0.717, 1.165) is 35.6 Å². The first kappa shape index (κ1) is 13.9. The molecule has 2 heterocycles. The van der Waals surface area contributed by atoms with Crippen molar-refractivity contribution in [3.63, 3.8) is 0 Å². The van der Waals surface area contributed by atoms with Gasteiger partial charge in [-0.15, -0.1) is 0 Å². The standard InChI is InChI=1S/C16H19N3O2/c17-19-14(11-13-4-1-2-7-18-13)12-5-6-15-16(10-12)21-9-3-8-20-15/h1-2,4-7,10,14,19H,3,8-9,11,17H2. The molecule has 2 aromatic rings. The third-order valence-electron chi connectivity index (χ3n) is 3.51. The van der Waals surface area contributed by atoms with Crippen molar-refractivity contribution in [2.24, 2.45) is 5.84 Å². The van der Waals surface area contributed by atoms with E-state index in [9.17, 15) is 0 Å². The highest BCUT2D eigenvalue weighted by molar-refractivity contribution is 5.44. The molecule has 0 saturated carbocycles. The second-order valence-electron chi connectivity index (χ2n) is 5.00. The summed E-state index contributed by atoms with van der Waals surface area (Å²) in [5, 5.41) is 0. The Hall–Kier alpha value is -2.11. The minimum Gasteiger partial charge on any atom is -0.490 e. The van der Waals surface area contributed by atoms with Crippen molar-refractivity contribution in [3.8, 4) is 11.5 Å². The summed E-state index contributed by atoms with van der Waals surface area (Å²) in [7, 11) is 0. The Labute approximate surface area is 124 Å². The average Bonchev–Trinajstić information content (AvgIpc) is 2.78. The molecule has 5 heteroatoms. The third kappa shape index (κ3) is 3.32. The Morgan fingerprint density at radius 2 is 2.00 bits per heavy atom. The Balaban J connectivity index is 1.82. The zero-order chi connectivity index (χ0) is 14.5. The van der Waals surface area contributed by atoms with Crippen LogP contribution in [0.15, 0.2) is 42.6 Å². The van der Waals surface area contributed by atoms with Crippen LogP contribution in [0, 0.1) is 0 Å². The van der Waals surface area contributed by atoms with Crippen molar-refractivity contribution in [2.45, 2.75) is 18.9 Å². The van der Waals surface area contributed by atoms with Gasteiger partial charge in [-0.25, -0.2) is 0 Å². The van der Waals surface area contributed by atoms with Crippen LogP contribution in [-0.2, 0) is 6.42 Å². The van der Waals surface area contributed by atoms with Gasteiger partial charge in [-0.05, 0) is 29.8 Å². The molecular formula is C16H19N3O2. The van der Waals surface area contributed by atoms with Crippen LogP contribution in [0.3, 0.4) is 0 Å². The zero-order valence-corrected chi connectivity index (χ0v) is 11.8. The summed E-state index contributed by atoms with van der Waals surface area (Å²) in [6, 6.07) is 11.8. The molecule has 0 radical (unpaired) electrons. The predicted molar refractivity (Wildman–Crippen MR) is 80.1 cm³/mol. The van der Waals surface area contributed by atoms with Gasteiger partial charge in [-0.2, -0.15) is 0 Å². The quantitative estimate of drug-likeness (QED) is 0.664. The molecule has 5 nitrogen and oxygen atoms in total. The SMILES string of the molecule is NNC(Cc1ccccn1)c1ccc2c(c1)OCCCO2. The van der Waals surface area contributed by atoms with Crippen LogP contribution in [-0.4, -0.2) is 18.2 Å². The van der Waals surface area contributed by atoms with Crippen LogP contribution in [0.1, 0.15) is 23.7 Å². The van der Waals surface area contributed by atoms with Crippen LogP contribution in [0.25, 0.3) is 0 Å². The van der Waals surface area contributed by atoms with E-state index in [1.54, 1.807) is 6.20 Å². The monoisotopic (exact) mass is 285 g/mol. The fourth-order valence-corrected chi connectivity index (χ4v) is 2.40. The number of rotatable bonds is 4. The second-order valence-corrected chi connectivity index (χ2v) is 5.00. The molecule has 3 N–H and O–H groups in total. The van der Waals surface area contributed by atoms with E-state index in [0.29, 0.717) is 13.2 Å². The number of nitrogens with one attached hydrogen (secondary N) is 1. The largest absolute Gasteiger partial charge is 0.490 e. The Bertz CT molecular complexity index is 589. The predicted octanol–water partition coefficient (Wildman–Crippen LogP) is 1.99. The maximum absolute atomic E-state index is 5.72. The van der Waals surface area contributed by atoms with Crippen molar-refractivity contribution in [2.75, 3.05) is 13.2 Å². The fraction of sp³-hybridized carbons (Fsp3) is 0.312. The molecule has 1 aliphatic heterocycles. The second kappa shape index (κ2) is 6.56. The molecule has 0 spiro atoms. The first-order valence-electron chi connectivity index (χ1n) is 7.12. The Morgan fingerprint density at radius 1 is 1.14 bits per heavy atom. The summed E-state index contributed by atoms with van der Waals surface area (Å²) in [5.41, 5.74) is 4.91. The Kier molecular flexibility index (Phi) is 4.33. The number of hydrazine groups is 1. The number of hydrogen-bond acceptors (Lipinski definition) is 5. The molecule has 110 valence electrons. The van der Waals surface area contributed by atoms with Gasteiger partial charge in [0.2, 0.25) is 0 Å². The van der Waals surface area contributed by atoms with Crippen molar-refractivity contribution in [1.29, 1.82) is 0 Å². The van der Waals surface area contributed by atoms with Gasteiger partial charge < -0.3 is 9.47 Å². The minimum atomic E-state index is -0.0166. The number of benzene rings is 1. The molecule has 0 amide bonds. The summed E-state index contributed by atoms with van der Waals surface area (Å²) in [6.45, 7) is 1.37. The number of aromatic nitrogens is 1. The van der Waals surface area contributed by atoms with Gasteiger partial charge in [-0.3, -0.25) is 16.3 Å². The van der Waals surface area contributed by atoms with Gasteiger partial charge in [-0.1, -0.05) is 12.1 Å². The van der Waals surface area contributed by atoms with E-state index in [-0.39, 0.29) is 6.04 Å². The van der Waals surface area contributed by atoms with Gasteiger partial charge in [0.15, 0.2) is 11.5 Å². The van der Waals surface area contributed by atoms with E-state index in [1.165, 1.54) is 0 Å². The topological polar surface area (TPSA) is 69.4 Å². The highest BCUT2D eigenvalue weighted by Gasteiger charge is 2.16. The summed E-state index contributed by atoms with van der Waals surface area (Å²) < 4.78 is 11.4. The van der Waals surface area contributed by atoms with Crippen LogP contribution in [0.2, 0.25) is 0 Å². The lowest BCUT2D eigenvalue weighted by molar-refractivity contribution is 0.297. The molecule has 0 bridgehead atoms. The van der Waals surface area contributed by atoms with E-state index >= 15 is 0 Å². The molecule has 21 heavy (non-hydrogen) atoms. The van der Waals surface area contributed by atoms with E-state index in [2.05, 4.69) is 10.4 Å². The molecule has 0 aliphatic carbocycles. The number of pyridine rings is 1. The average molecular weight is 285 g/mol. The van der Waals surface area contributed by atoms with Crippen LogP contribution < -0.4 is 20.7 Å². The first-order valence-corrected chi connectivity index (χ1v) is 7.12. The highest BCUT2D eigenvalue weighted by atomic mass is 16.5. The molecule has 1 aromatic heterocycles. The minimum absolute atomic E-state index is 0.0166. The fourth-order valence-electron chi connectivity index (χ4n) is 2.40. The van der Waals surface area contributed by atoms with Gasteiger partial charge in [0.25, 0.3) is 0 Å². The van der Waals surface area contributed by atoms with Crippen molar-refractivity contribution >= 4 is 0 Å². The normalized spacial score (nSPS) is 15.3. The van der Waals surface area contributed by atoms with Crippen LogP contribution >= 0.6 is 0 Å². The molecule has 1 aromatic carbocycles. The third-order valence-corrected chi connectivity index (χ3v) is 3.51. The van der Waals surface area contributed by atoms with E-state index in [1.807, 2.05) is 36.4 Å². The van der Waals surface area contributed by atoms with E-state index in [4.69, 9.17) is 15.3 Å². The molecule has 3 rings (SSSR count). The molecule has 0 fully saturated rings. The number of hydrogen-bond donors (Lipinski definition) is 2. The molecule has 1 unspecified atom stereocenters. The lowest BCUT2D eigenvalue weighted by Gasteiger charge is -2.17. The number of nitrogens with zero attached hydrogens (tertiary/aromatic N) is 1. The lowest BCUT2D eigenvalue weighted by atomic mass is 10.0. The Morgan fingerprint density at radius 3 is 2.76 bits per heavy atom. The van der Waals surface area contributed by atoms with E-state index < -0.39 is 0 Å². The number of nitrogens with two attached hydrogens (primary N) is 1. The number of fused-ring (bicyclic) bond motifs is 1. The smallest absolute Gasteiger partial charge is 0.161 e. The maximum Gasteiger partial charge on any atom is 0.161 e. The zero-order valence-electron chi connectivity index (χ0n) is 11.8. The highest BCUT2D eigenvalue weighted by Crippen LogP contribution is 2.32. The van der Waals surface area contributed by atoms with Gasteiger partial charge in [0, 0.05) is 24.7 Å². The van der Waals surface area contributed by atoms with Gasteiger partial charge in [0.1, 0.15) is 0 Å². The van der Waals surface area contributed by atoms with Gasteiger partial charge in [0.05, 0.1) is 19.3 Å².